The summed E-state index contributed by atoms with van der Waals surface area (Å²) in [7, 11) is 0. The maximum atomic E-state index is 11.1. The fourth-order valence-corrected chi connectivity index (χ4v) is 1.84. The van der Waals surface area contributed by atoms with Gasteiger partial charge in [-0.25, -0.2) is 4.79 Å². The molecule has 1 heterocycles. The lowest BCUT2D eigenvalue weighted by atomic mass is 10.00. The summed E-state index contributed by atoms with van der Waals surface area (Å²) in [5.74, 6) is 0. The first kappa shape index (κ1) is 11.3. The standard InChI is InChI=1S/C10H21N3O/c1-3-11-10(14)12-7-9-6-4-5-8(2)13-9/h8-9,13H,3-7H2,1-2H3,(H2,11,12,14). The highest BCUT2D eigenvalue weighted by Crippen LogP contribution is 2.11. The van der Waals surface area contributed by atoms with E-state index in [1.165, 1.54) is 12.8 Å². The van der Waals surface area contributed by atoms with E-state index in [0.29, 0.717) is 18.6 Å². The van der Waals surface area contributed by atoms with Gasteiger partial charge in [0.15, 0.2) is 0 Å². The molecule has 0 spiro atoms. The number of urea groups is 1. The zero-order valence-electron chi connectivity index (χ0n) is 9.10. The third kappa shape index (κ3) is 3.96. The molecular weight excluding hydrogens is 178 g/mol. The summed E-state index contributed by atoms with van der Waals surface area (Å²) in [5, 5.41) is 9.05. The number of carbonyl (C=O) groups excluding carboxylic acids is 1. The smallest absolute Gasteiger partial charge is 0.314 e. The molecule has 82 valence electrons. The van der Waals surface area contributed by atoms with Gasteiger partial charge >= 0.3 is 6.03 Å². The van der Waals surface area contributed by atoms with Crippen molar-refractivity contribution in [1.29, 1.82) is 0 Å². The molecule has 1 rings (SSSR count). The van der Waals surface area contributed by atoms with Gasteiger partial charge in [-0.3, -0.25) is 0 Å². The second-order valence-corrected chi connectivity index (χ2v) is 3.94. The zero-order valence-corrected chi connectivity index (χ0v) is 9.10. The van der Waals surface area contributed by atoms with Gasteiger partial charge in [0.2, 0.25) is 0 Å². The Morgan fingerprint density at radius 2 is 2.21 bits per heavy atom. The van der Waals surface area contributed by atoms with Gasteiger partial charge in [0.25, 0.3) is 0 Å². The van der Waals surface area contributed by atoms with Crippen LogP contribution in [0.25, 0.3) is 0 Å². The fraction of sp³-hybridized carbons (Fsp3) is 0.900. The minimum Gasteiger partial charge on any atom is -0.338 e. The minimum absolute atomic E-state index is 0.0625. The molecular formula is C10H21N3O. The first-order valence-corrected chi connectivity index (χ1v) is 5.50. The van der Waals surface area contributed by atoms with E-state index in [9.17, 15) is 4.79 Å². The molecule has 4 nitrogen and oxygen atoms in total. The van der Waals surface area contributed by atoms with Crippen LogP contribution < -0.4 is 16.0 Å². The van der Waals surface area contributed by atoms with Gasteiger partial charge in [-0.1, -0.05) is 6.42 Å². The van der Waals surface area contributed by atoms with E-state index in [1.54, 1.807) is 0 Å². The maximum absolute atomic E-state index is 11.1. The molecule has 1 aliphatic heterocycles. The highest BCUT2D eigenvalue weighted by molar-refractivity contribution is 5.73. The van der Waals surface area contributed by atoms with Gasteiger partial charge in [-0.2, -0.15) is 0 Å². The van der Waals surface area contributed by atoms with Crippen LogP contribution in [-0.4, -0.2) is 31.2 Å². The number of amides is 2. The van der Waals surface area contributed by atoms with Crippen LogP contribution in [0.15, 0.2) is 0 Å². The van der Waals surface area contributed by atoms with Gasteiger partial charge in [0.05, 0.1) is 0 Å². The SMILES string of the molecule is CCNC(=O)NCC1CCCC(C)N1. The van der Waals surface area contributed by atoms with Crippen molar-refractivity contribution in [2.45, 2.75) is 45.2 Å². The molecule has 1 fully saturated rings. The largest absolute Gasteiger partial charge is 0.338 e. The summed E-state index contributed by atoms with van der Waals surface area (Å²) in [6.45, 7) is 5.52. The van der Waals surface area contributed by atoms with E-state index in [1.807, 2.05) is 6.92 Å². The van der Waals surface area contributed by atoms with Crippen molar-refractivity contribution < 1.29 is 4.79 Å². The average Bonchev–Trinajstić information content (AvgIpc) is 2.15. The van der Waals surface area contributed by atoms with Crippen LogP contribution in [0.1, 0.15) is 33.1 Å². The maximum Gasteiger partial charge on any atom is 0.314 e. The van der Waals surface area contributed by atoms with Crippen molar-refractivity contribution in [1.82, 2.24) is 16.0 Å². The highest BCUT2D eigenvalue weighted by Gasteiger charge is 2.17. The van der Waals surface area contributed by atoms with E-state index in [2.05, 4.69) is 22.9 Å². The molecule has 1 saturated heterocycles. The Bertz CT molecular complexity index is 184. The van der Waals surface area contributed by atoms with Crippen LogP contribution >= 0.6 is 0 Å². The molecule has 2 atom stereocenters. The van der Waals surface area contributed by atoms with Crippen molar-refractivity contribution in [3.63, 3.8) is 0 Å². The molecule has 0 aromatic carbocycles. The van der Waals surface area contributed by atoms with Crippen molar-refractivity contribution in [2.75, 3.05) is 13.1 Å². The van der Waals surface area contributed by atoms with Crippen LogP contribution in [0.5, 0.6) is 0 Å². The third-order valence-corrected chi connectivity index (χ3v) is 2.56. The first-order valence-electron chi connectivity index (χ1n) is 5.50. The lowest BCUT2D eigenvalue weighted by molar-refractivity contribution is 0.237. The van der Waals surface area contributed by atoms with Crippen molar-refractivity contribution in [3.8, 4) is 0 Å². The Labute approximate surface area is 85.8 Å². The Morgan fingerprint density at radius 3 is 2.86 bits per heavy atom. The molecule has 0 saturated carbocycles. The Morgan fingerprint density at radius 1 is 1.43 bits per heavy atom. The predicted octanol–water partition coefficient (Wildman–Crippen LogP) is 0.836. The Balaban J connectivity index is 2.14. The number of rotatable bonds is 3. The quantitative estimate of drug-likeness (QED) is 0.631. The van der Waals surface area contributed by atoms with E-state index < -0.39 is 0 Å². The number of nitrogens with one attached hydrogen (secondary N) is 3. The zero-order chi connectivity index (χ0) is 10.4. The van der Waals surface area contributed by atoms with E-state index in [4.69, 9.17) is 0 Å². The van der Waals surface area contributed by atoms with Gasteiger partial charge in [-0.05, 0) is 26.7 Å². The number of hydrogen-bond donors (Lipinski definition) is 3. The topological polar surface area (TPSA) is 53.2 Å². The normalized spacial score (nSPS) is 27.0. The number of hydrogen-bond acceptors (Lipinski definition) is 2. The Hall–Kier alpha value is -0.770. The molecule has 0 aliphatic carbocycles. The van der Waals surface area contributed by atoms with Crippen LogP contribution in [0.2, 0.25) is 0 Å². The molecule has 0 aromatic heterocycles. The average molecular weight is 199 g/mol. The number of carbonyl (C=O) groups is 1. The summed E-state index contributed by atoms with van der Waals surface area (Å²) in [5.41, 5.74) is 0. The first-order chi connectivity index (χ1) is 6.72. The molecule has 0 radical (unpaired) electrons. The van der Waals surface area contributed by atoms with Crippen molar-refractivity contribution in [3.05, 3.63) is 0 Å². The lowest BCUT2D eigenvalue weighted by Crippen LogP contribution is -2.49. The molecule has 0 aromatic rings. The molecule has 3 N–H and O–H groups in total. The minimum atomic E-state index is -0.0625. The van der Waals surface area contributed by atoms with Gasteiger partial charge in [0.1, 0.15) is 0 Å². The fourth-order valence-electron chi connectivity index (χ4n) is 1.84. The monoisotopic (exact) mass is 199 g/mol. The van der Waals surface area contributed by atoms with Gasteiger partial charge in [0, 0.05) is 25.2 Å². The van der Waals surface area contributed by atoms with E-state index in [0.717, 1.165) is 13.0 Å². The highest BCUT2D eigenvalue weighted by atomic mass is 16.2. The summed E-state index contributed by atoms with van der Waals surface area (Å²) in [6.07, 6.45) is 3.67. The molecule has 2 unspecified atom stereocenters. The summed E-state index contributed by atoms with van der Waals surface area (Å²) in [6, 6.07) is 0.971. The molecule has 1 aliphatic rings. The van der Waals surface area contributed by atoms with Crippen LogP contribution in [0, 0.1) is 0 Å². The Kier molecular flexibility index (Phi) is 4.73. The second kappa shape index (κ2) is 5.86. The molecule has 0 bridgehead atoms. The molecule has 14 heavy (non-hydrogen) atoms. The summed E-state index contributed by atoms with van der Waals surface area (Å²) >= 11 is 0. The van der Waals surface area contributed by atoms with Crippen LogP contribution in [0.4, 0.5) is 4.79 Å². The van der Waals surface area contributed by atoms with Crippen molar-refractivity contribution in [2.24, 2.45) is 0 Å². The molecule has 2 amide bonds. The van der Waals surface area contributed by atoms with E-state index >= 15 is 0 Å². The van der Waals surface area contributed by atoms with Gasteiger partial charge in [-0.15, -0.1) is 0 Å². The van der Waals surface area contributed by atoms with Crippen molar-refractivity contribution >= 4 is 6.03 Å². The lowest BCUT2D eigenvalue weighted by Gasteiger charge is -2.28. The second-order valence-electron chi connectivity index (χ2n) is 3.94. The van der Waals surface area contributed by atoms with Crippen LogP contribution in [0.3, 0.4) is 0 Å². The van der Waals surface area contributed by atoms with Gasteiger partial charge < -0.3 is 16.0 Å². The summed E-state index contributed by atoms with van der Waals surface area (Å²) in [4.78, 5) is 11.1. The van der Waals surface area contributed by atoms with E-state index in [-0.39, 0.29) is 6.03 Å². The number of piperidine rings is 1. The molecule has 4 heteroatoms. The summed E-state index contributed by atoms with van der Waals surface area (Å²) < 4.78 is 0. The third-order valence-electron chi connectivity index (χ3n) is 2.56. The predicted molar refractivity (Wildman–Crippen MR) is 57.3 cm³/mol. The van der Waals surface area contributed by atoms with Crippen LogP contribution in [-0.2, 0) is 0 Å².